The number of aliphatic hydroxyl groups is 2. The third kappa shape index (κ3) is 7.18. The third-order valence-corrected chi connectivity index (χ3v) is 9.90. The van der Waals surface area contributed by atoms with Crippen molar-refractivity contribution in [1.82, 2.24) is 35.1 Å². The van der Waals surface area contributed by atoms with E-state index in [0.717, 1.165) is 11.1 Å². The number of aromatic nitrogens is 5. The quantitative estimate of drug-likeness (QED) is 0.106. The lowest BCUT2D eigenvalue weighted by atomic mass is 9.91. The molecule has 2 fully saturated rings. The molecule has 270 valence electrons. The SMILES string of the molecule is CCC(=O)N[C@H]1C[C@@H](n2cnc3c(NCC(c4ccc(O)cc4)c4ccc(O)cc4)nc(N4CC[C@@H](NC(=O)c5ccncc5)C4)nc32)[C@H](O)[C@@H]1O. The highest BCUT2D eigenvalue weighted by molar-refractivity contribution is 5.94. The number of amides is 2. The van der Waals surface area contributed by atoms with Crippen LogP contribution in [0.1, 0.15) is 59.6 Å². The van der Waals surface area contributed by atoms with Crippen LogP contribution in [0.15, 0.2) is 79.4 Å². The molecule has 5 atom stereocenters. The van der Waals surface area contributed by atoms with E-state index in [1.54, 1.807) is 66.6 Å². The number of imidazole rings is 1. The minimum atomic E-state index is -1.19. The Hall–Kier alpha value is -5.80. The molecular formula is C37H41N9O6. The third-order valence-electron chi connectivity index (χ3n) is 9.90. The highest BCUT2D eigenvalue weighted by Gasteiger charge is 2.44. The first-order valence-corrected chi connectivity index (χ1v) is 17.4. The van der Waals surface area contributed by atoms with E-state index in [4.69, 9.17) is 9.97 Å². The number of pyridine rings is 1. The van der Waals surface area contributed by atoms with Gasteiger partial charge in [-0.2, -0.15) is 9.97 Å². The molecule has 0 bridgehead atoms. The smallest absolute Gasteiger partial charge is 0.251 e. The van der Waals surface area contributed by atoms with Gasteiger partial charge in [0.15, 0.2) is 17.0 Å². The molecule has 1 aliphatic carbocycles. The van der Waals surface area contributed by atoms with E-state index < -0.39 is 24.3 Å². The summed E-state index contributed by atoms with van der Waals surface area (Å²) in [5, 5.41) is 51.4. The molecule has 0 radical (unpaired) electrons. The van der Waals surface area contributed by atoms with Crippen molar-refractivity contribution in [3.05, 3.63) is 96.1 Å². The molecule has 1 saturated heterocycles. The normalized spacial score (nSPS) is 21.5. The van der Waals surface area contributed by atoms with E-state index >= 15 is 0 Å². The molecule has 7 rings (SSSR count). The fourth-order valence-corrected chi connectivity index (χ4v) is 7.02. The Balaban J connectivity index is 1.22. The van der Waals surface area contributed by atoms with E-state index in [0.29, 0.717) is 54.5 Å². The van der Waals surface area contributed by atoms with Gasteiger partial charge in [0.1, 0.15) is 23.7 Å². The minimum absolute atomic E-state index is 0.144. The first-order chi connectivity index (χ1) is 25.2. The molecule has 5 aromatic rings. The fraction of sp³-hybridized carbons (Fsp3) is 0.351. The maximum Gasteiger partial charge on any atom is 0.251 e. The van der Waals surface area contributed by atoms with Crippen LogP contribution in [0.3, 0.4) is 0 Å². The van der Waals surface area contributed by atoms with Gasteiger partial charge in [-0.15, -0.1) is 0 Å². The van der Waals surface area contributed by atoms with Crippen LogP contribution in [0.2, 0.25) is 0 Å². The summed E-state index contributed by atoms with van der Waals surface area (Å²) < 4.78 is 1.73. The number of hydrogen-bond donors (Lipinski definition) is 7. The van der Waals surface area contributed by atoms with Crippen LogP contribution in [0.4, 0.5) is 11.8 Å². The molecule has 3 aromatic heterocycles. The number of nitrogens with zero attached hydrogens (tertiary/aromatic N) is 6. The van der Waals surface area contributed by atoms with Gasteiger partial charge < -0.3 is 45.8 Å². The van der Waals surface area contributed by atoms with Gasteiger partial charge in [0.25, 0.3) is 5.91 Å². The summed E-state index contributed by atoms with van der Waals surface area (Å²) in [5.41, 5.74) is 3.24. The first kappa shape index (κ1) is 34.6. The summed E-state index contributed by atoms with van der Waals surface area (Å²) in [5.74, 6) is 0.488. The number of nitrogens with one attached hydrogen (secondary N) is 3. The second-order valence-electron chi connectivity index (χ2n) is 13.3. The minimum Gasteiger partial charge on any atom is -0.508 e. The van der Waals surface area contributed by atoms with Crippen molar-refractivity contribution in [2.75, 3.05) is 29.9 Å². The van der Waals surface area contributed by atoms with Crippen molar-refractivity contribution in [3.8, 4) is 11.5 Å². The van der Waals surface area contributed by atoms with Crippen LogP contribution in [-0.4, -0.2) is 101 Å². The molecule has 4 heterocycles. The molecule has 15 nitrogen and oxygen atoms in total. The van der Waals surface area contributed by atoms with E-state index in [-0.39, 0.29) is 48.1 Å². The fourth-order valence-electron chi connectivity index (χ4n) is 7.02. The number of aliphatic hydroxyl groups excluding tert-OH is 2. The summed E-state index contributed by atoms with van der Waals surface area (Å²) in [6, 6.07) is 15.7. The maximum absolute atomic E-state index is 12.9. The van der Waals surface area contributed by atoms with Crippen molar-refractivity contribution in [2.45, 2.75) is 62.4 Å². The van der Waals surface area contributed by atoms with Crippen LogP contribution in [0, 0.1) is 0 Å². The Morgan fingerprint density at radius 3 is 2.23 bits per heavy atom. The van der Waals surface area contributed by atoms with Crippen LogP contribution in [0.25, 0.3) is 11.2 Å². The number of aromatic hydroxyl groups is 2. The summed E-state index contributed by atoms with van der Waals surface area (Å²) in [6.07, 6.45) is 3.51. The summed E-state index contributed by atoms with van der Waals surface area (Å²) >= 11 is 0. The average Bonchev–Trinajstić information content (AvgIpc) is 3.88. The van der Waals surface area contributed by atoms with Gasteiger partial charge in [0, 0.05) is 56.0 Å². The summed E-state index contributed by atoms with van der Waals surface area (Å²) in [7, 11) is 0. The zero-order valence-corrected chi connectivity index (χ0v) is 28.5. The Bertz CT molecular complexity index is 1980. The van der Waals surface area contributed by atoms with Crippen LogP contribution >= 0.6 is 0 Å². The number of benzene rings is 2. The second-order valence-corrected chi connectivity index (χ2v) is 13.3. The average molecular weight is 708 g/mol. The molecule has 2 aromatic carbocycles. The van der Waals surface area contributed by atoms with Gasteiger partial charge in [-0.05, 0) is 60.4 Å². The number of fused-ring (bicyclic) bond motifs is 1. The molecule has 15 heteroatoms. The van der Waals surface area contributed by atoms with Crippen molar-refractivity contribution >= 4 is 34.7 Å². The van der Waals surface area contributed by atoms with Gasteiger partial charge in [-0.1, -0.05) is 31.2 Å². The van der Waals surface area contributed by atoms with E-state index in [1.807, 2.05) is 29.2 Å². The lowest BCUT2D eigenvalue weighted by Crippen LogP contribution is -2.42. The Morgan fingerprint density at radius 2 is 1.58 bits per heavy atom. The zero-order chi connectivity index (χ0) is 36.4. The van der Waals surface area contributed by atoms with E-state index in [1.165, 1.54) is 0 Å². The van der Waals surface area contributed by atoms with E-state index in [2.05, 4.69) is 25.9 Å². The number of hydrogen-bond acceptors (Lipinski definition) is 12. The maximum atomic E-state index is 12.9. The molecule has 2 amide bonds. The van der Waals surface area contributed by atoms with E-state index in [9.17, 15) is 30.0 Å². The molecule has 52 heavy (non-hydrogen) atoms. The number of carbonyl (C=O) groups excluding carboxylic acids is 2. The number of rotatable bonds is 11. The topological polar surface area (TPSA) is 211 Å². The van der Waals surface area contributed by atoms with Gasteiger partial charge in [-0.25, -0.2) is 4.98 Å². The summed E-state index contributed by atoms with van der Waals surface area (Å²) in [4.78, 5) is 45.6. The number of carbonyl (C=O) groups is 2. The highest BCUT2D eigenvalue weighted by atomic mass is 16.3. The second kappa shape index (κ2) is 14.8. The van der Waals surface area contributed by atoms with Crippen LogP contribution in [-0.2, 0) is 4.79 Å². The molecule has 0 unspecified atom stereocenters. The van der Waals surface area contributed by atoms with Crippen LogP contribution in [0.5, 0.6) is 11.5 Å². The highest BCUT2D eigenvalue weighted by Crippen LogP contribution is 2.36. The zero-order valence-electron chi connectivity index (χ0n) is 28.5. The molecule has 1 aliphatic heterocycles. The van der Waals surface area contributed by atoms with Gasteiger partial charge in [-0.3, -0.25) is 14.6 Å². The van der Waals surface area contributed by atoms with Gasteiger partial charge >= 0.3 is 0 Å². The van der Waals surface area contributed by atoms with Crippen molar-refractivity contribution in [1.29, 1.82) is 0 Å². The number of phenols is 2. The molecule has 0 spiro atoms. The van der Waals surface area contributed by atoms with Gasteiger partial charge in [0.05, 0.1) is 18.4 Å². The van der Waals surface area contributed by atoms with Crippen molar-refractivity contribution < 1.29 is 30.0 Å². The number of phenolic OH excluding ortho intramolecular Hbond substituents is 2. The van der Waals surface area contributed by atoms with Gasteiger partial charge in [0.2, 0.25) is 11.9 Å². The standard InChI is InChI=1S/C37H41N9O6/c1-2-30(49)42-28-17-29(33(51)32(28)50)46-20-40-31-34(39-18-27(21-3-7-25(47)8-4-21)22-5-9-26(48)10-6-22)43-37(44-35(31)46)45-16-13-24(19-45)41-36(52)23-11-14-38-15-12-23/h3-12,14-15,20,24,27-29,32-33,47-48,50-51H,2,13,16-19H2,1H3,(H,41,52)(H,42,49)(H,39,43,44)/t24-,28+,29-,32-,33+/m1/s1. The number of anilines is 2. The molecule has 2 aliphatic rings. The largest absolute Gasteiger partial charge is 0.508 e. The predicted octanol–water partition coefficient (Wildman–Crippen LogP) is 2.45. The molecule has 1 saturated carbocycles. The molecule has 7 N–H and O–H groups in total. The van der Waals surface area contributed by atoms with Crippen molar-refractivity contribution in [3.63, 3.8) is 0 Å². The van der Waals surface area contributed by atoms with Crippen LogP contribution < -0.4 is 20.9 Å². The van der Waals surface area contributed by atoms with Crippen molar-refractivity contribution in [2.24, 2.45) is 0 Å². The lowest BCUT2D eigenvalue weighted by molar-refractivity contribution is -0.122. The summed E-state index contributed by atoms with van der Waals surface area (Å²) in [6.45, 7) is 3.10. The monoisotopic (exact) mass is 707 g/mol. The Labute approximate surface area is 299 Å². The Kier molecular flexibility index (Phi) is 9.87. The molecular weight excluding hydrogens is 666 g/mol. The first-order valence-electron chi connectivity index (χ1n) is 17.4. The predicted molar refractivity (Wildman–Crippen MR) is 192 cm³/mol. The Morgan fingerprint density at radius 1 is 0.904 bits per heavy atom. The lowest BCUT2D eigenvalue weighted by Gasteiger charge is -2.22.